The number of ether oxygens (including phenoxy) is 2. The molecule has 0 radical (unpaired) electrons. The Bertz CT molecular complexity index is 1400. The zero-order chi connectivity index (χ0) is 29.8. The average Bonchev–Trinajstić information content (AvgIpc) is 2.91. The fourth-order valence-corrected chi connectivity index (χ4v) is 3.50. The van der Waals surface area contributed by atoms with Crippen LogP contribution in [-0.4, -0.2) is 61.0 Å². The average molecular weight is 501 g/mol. The van der Waals surface area contributed by atoms with Crippen molar-refractivity contribution >= 4 is 40.5 Å². The highest BCUT2D eigenvalue weighted by molar-refractivity contribution is 6.31. The normalized spacial score (nSPS) is 17.0. The monoisotopic (exact) mass is 500 g/mol. The van der Waals surface area contributed by atoms with Crippen molar-refractivity contribution in [1.29, 1.82) is 0 Å². The lowest BCUT2D eigenvalue weighted by atomic mass is 10.2. The van der Waals surface area contributed by atoms with Gasteiger partial charge in [-0.15, -0.1) is 0 Å². The fourth-order valence-electron chi connectivity index (χ4n) is 3.38. The Kier molecular flexibility index (Phi) is 5.56. The Balaban J connectivity index is 1.52. The molecule has 0 bridgehead atoms. The number of hydrogen-bond donors (Lipinski definition) is 2. The molecule has 3 aromatic rings. The van der Waals surface area contributed by atoms with E-state index < -0.39 is 14.0 Å². The third-order valence-corrected chi connectivity index (χ3v) is 5.46. The summed E-state index contributed by atoms with van der Waals surface area (Å²) in [6.07, 6.45) is 2.49. The lowest BCUT2D eigenvalue weighted by molar-refractivity contribution is -0.111. The fraction of sp³-hybridized carbons (Fsp3) is 0.240. The number of nitrogens with one attached hydrogen (secondary N) is 2. The molecule has 0 atom stereocenters. The standard InChI is InChI=1S/C25H27ClN6O3/c1-4-23(33)28-17-5-8-19(9-6-17)35-24-20(26)16-27-25(30-24)29-21-10-7-18(15-22(21)34-3)32-13-11-31(2)12-14-32/h4-10,15-16H,1,11-14H2,2-3H3,(H,28,33)(H,27,29,30)/i2D3,3D3. The molecule has 0 spiro atoms. The quantitative estimate of drug-likeness (QED) is 0.435. The van der Waals surface area contributed by atoms with Crippen LogP contribution < -0.4 is 25.0 Å². The van der Waals surface area contributed by atoms with Crippen LogP contribution in [0.4, 0.5) is 23.0 Å². The highest BCUT2D eigenvalue weighted by Crippen LogP contribution is 2.33. The number of carbonyl (C=O) groups is 1. The van der Waals surface area contributed by atoms with Crippen molar-refractivity contribution in [2.24, 2.45) is 0 Å². The Morgan fingerprint density at radius 3 is 2.71 bits per heavy atom. The number of aromatic nitrogens is 2. The molecule has 0 unspecified atom stereocenters. The molecule has 2 heterocycles. The van der Waals surface area contributed by atoms with E-state index in [0.717, 1.165) is 6.08 Å². The van der Waals surface area contributed by atoms with Gasteiger partial charge in [0.1, 0.15) is 16.5 Å². The van der Waals surface area contributed by atoms with Crippen LogP contribution >= 0.6 is 11.6 Å². The zero-order valence-electron chi connectivity index (χ0n) is 24.6. The van der Waals surface area contributed by atoms with Crippen LogP contribution in [0.1, 0.15) is 8.22 Å². The SMILES string of the molecule is [2H]C([2H])([2H])Oc1cc(N2CCN(C([2H])([2H])[2H])CC2)ccc1Nc1ncc(Cl)c(Oc2ccc(NC(=O)C=C)cc2)n1. The molecule has 2 N–H and O–H groups in total. The van der Waals surface area contributed by atoms with Crippen LogP contribution in [0, 0.1) is 0 Å². The maximum absolute atomic E-state index is 11.5. The minimum atomic E-state index is -2.73. The number of likely N-dealkylation sites (N-methyl/N-ethyl adjacent to an activating group) is 1. The van der Waals surface area contributed by atoms with Crippen LogP contribution in [0.15, 0.2) is 61.3 Å². The van der Waals surface area contributed by atoms with Crippen LogP contribution in [0.25, 0.3) is 0 Å². The number of rotatable bonds is 8. The van der Waals surface area contributed by atoms with Gasteiger partial charge in [-0.25, -0.2) is 4.98 Å². The predicted octanol–water partition coefficient (Wildman–Crippen LogP) is 4.55. The van der Waals surface area contributed by atoms with Crippen LogP contribution in [0.5, 0.6) is 17.4 Å². The molecule has 2 aromatic carbocycles. The maximum Gasteiger partial charge on any atom is 0.247 e. The topological polar surface area (TPSA) is 91.9 Å². The van der Waals surface area contributed by atoms with Gasteiger partial charge in [0, 0.05) is 47.7 Å². The predicted molar refractivity (Wildman–Crippen MR) is 138 cm³/mol. The number of methoxy groups -OCH3 is 1. The molecule has 35 heavy (non-hydrogen) atoms. The third-order valence-electron chi connectivity index (χ3n) is 5.20. The van der Waals surface area contributed by atoms with Gasteiger partial charge >= 0.3 is 0 Å². The summed E-state index contributed by atoms with van der Waals surface area (Å²) in [7, 11) is -2.73. The van der Waals surface area contributed by atoms with Crippen molar-refractivity contribution in [1.82, 2.24) is 14.9 Å². The Morgan fingerprint density at radius 2 is 2.00 bits per heavy atom. The Morgan fingerprint density at radius 1 is 1.20 bits per heavy atom. The van der Waals surface area contributed by atoms with Crippen molar-refractivity contribution < 1.29 is 22.5 Å². The van der Waals surface area contributed by atoms with Gasteiger partial charge in [-0.3, -0.25) is 4.79 Å². The number of piperazine rings is 1. The Hall–Kier alpha value is -3.82. The van der Waals surface area contributed by atoms with Crippen LogP contribution in [0.2, 0.25) is 5.02 Å². The van der Waals surface area contributed by atoms with Crippen molar-refractivity contribution in [3.63, 3.8) is 0 Å². The highest BCUT2D eigenvalue weighted by atomic mass is 35.5. The summed E-state index contributed by atoms with van der Waals surface area (Å²) in [4.78, 5) is 23.3. The van der Waals surface area contributed by atoms with E-state index in [-0.39, 0.29) is 34.2 Å². The largest absolute Gasteiger partial charge is 0.494 e. The molecule has 1 aliphatic heterocycles. The van der Waals surface area contributed by atoms with Gasteiger partial charge in [-0.2, -0.15) is 4.98 Å². The summed E-state index contributed by atoms with van der Waals surface area (Å²) >= 11 is 6.24. The molecule has 4 rings (SSSR count). The molecule has 1 fully saturated rings. The van der Waals surface area contributed by atoms with Crippen molar-refractivity contribution in [2.75, 3.05) is 55.7 Å². The number of halogens is 1. The zero-order valence-corrected chi connectivity index (χ0v) is 19.4. The van der Waals surface area contributed by atoms with Gasteiger partial charge in [0.15, 0.2) is 0 Å². The highest BCUT2D eigenvalue weighted by Gasteiger charge is 2.17. The van der Waals surface area contributed by atoms with E-state index in [2.05, 4.69) is 27.2 Å². The molecule has 182 valence electrons. The molecule has 1 amide bonds. The molecule has 1 aliphatic rings. The summed E-state index contributed by atoms with van der Waals surface area (Å²) in [5, 5.41) is 5.71. The third kappa shape index (κ3) is 6.20. The van der Waals surface area contributed by atoms with E-state index >= 15 is 0 Å². The minimum absolute atomic E-state index is 0.0268. The summed E-state index contributed by atoms with van der Waals surface area (Å²) in [6.45, 7) is 2.80. The number of nitrogens with zero attached hydrogens (tertiary/aromatic N) is 4. The number of anilines is 4. The van der Waals surface area contributed by atoms with E-state index in [0.29, 0.717) is 43.3 Å². The van der Waals surface area contributed by atoms with Crippen molar-refractivity contribution in [3.8, 4) is 17.4 Å². The van der Waals surface area contributed by atoms with E-state index in [4.69, 9.17) is 29.3 Å². The summed E-state index contributed by atoms with van der Waals surface area (Å²) < 4.78 is 56.7. The maximum atomic E-state index is 11.5. The lowest BCUT2D eigenvalue weighted by Crippen LogP contribution is -2.44. The van der Waals surface area contributed by atoms with Gasteiger partial charge in [0.25, 0.3) is 0 Å². The molecule has 1 aromatic heterocycles. The van der Waals surface area contributed by atoms with Crippen LogP contribution in [-0.2, 0) is 4.79 Å². The second kappa shape index (κ2) is 11.1. The van der Waals surface area contributed by atoms with E-state index in [1.165, 1.54) is 11.1 Å². The van der Waals surface area contributed by atoms with Crippen LogP contribution in [0.3, 0.4) is 0 Å². The lowest BCUT2D eigenvalue weighted by Gasteiger charge is -2.34. The van der Waals surface area contributed by atoms with Gasteiger partial charge in [0.2, 0.25) is 17.7 Å². The van der Waals surface area contributed by atoms with E-state index in [9.17, 15) is 4.79 Å². The van der Waals surface area contributed by atoms with E-state index in [1.807, 2.05) is 4.90 Å². The van der Waals surface area contributed by atoms with Gasteiger partial charge in [-0.05, 0) is 49.5 Å². The van der Waals surface area contributed by atoms with Gasteiger partial charge in [-0.1, -0.05) is 18.2 Å². The second-order valence-electron chi connectivity index (χ2n) is 7.55. The summed E-state index contributed by atoms with van der Waals surface area (Å²) in [5.74, 6) is 0.170. The molecular formula is C25H27ClN6O3. The molecular weight excluding hydrogens is 468 g/mol. The first-order valence-electron chi connectivity index (χ1n) is 13.6. The first-order chi connectivity index (χ1) is 19.3. The second-order valence-corrected chi connectivity index (χ2v) is 7.96. The number of amides is 1. The molecule has 9 nitrogen and oxygen atoms in total. The smallest absolute Gasteiger partial charge is 0.247 e. The van der Waals surface area contributed by atoms with Crippen molar-refractivity contribution in [2.45, 2.75) is 0 Å². The molecule has 0 aliphatic carbocycles. The minimum Gasteiger partial charge on any atom is -0.494 e. The van der Waals surface area contributed by atoms with E-state index in [1.54, 1.807) is 42.5 Å². The molecule has 1 saturated heterocycles. The number of hydrogen-bond acceptors (Lipinski definition) is 8. The van der Waals surface area contributed by atoms with Gasteiger partial charge in [0.05, 0.1) is 23.0 Å². The number of carbonyl (C=O) groups excluding carboxylic acids is 1. The summed E-state index contributed by atoms with van der Waals surface area (Å²) in [6, 6.07) is 11.5. The summed E-state index contributed by atoms with van der Waals surface area (Å²) in [5.41, 5.74) is 1.50. The van der Waals surface area contributed by atoms with Gasteiger partial charge < -0.3 is 29.9 Å². The Labute approximate surface area is 217 Å². The first kappa shape index (κ1) is 17.6. The number of benzene rings is 2. The van der Waals surface area contributed by atoms with Crippen molar-refractivity contribution in [3.05, 3.63) is 66.3 Å². The molecule has 10 heteroatoms. The molecule has 0 saturated carbocycles. The first-order valence-corrected chi connectivity index (χ1v) is 11.0.